The first kappa shape index (κ1) is 20.7. The van der Waals surface area contributed by atoms with Crippen molar-refractivity contribution in [1.29, 1.82) is 0 Å². The topological polar surface area (TPSA) is 88.8 Å². The van der Waals surface area contributed by atoms with Gasteiger partial charge in [0.25, 0.3) is 5.56 Å². The van der Waals surface area contributed by atoms with Crippen LogP contribution >= 0.6 is 11.8 Å². The molecule has 1 fully saturated rings. The number of ether oxygens (including phenoxy) is 1. The minimum Gasteiger partial charge on any atom is -0.480 e. The summed E-state index contributed by atoms with van der Waals surface area (Å²) < 4.78 is 6.86. The van der Waals surface area contributed by atoms with Crippen molar-refractivity contribution < 1.29 is 19.4 Å². The van der Waals surface area contributed by atoms with Crippen molar-refractivity contribution in [2.75, 3.05) is 32.6 Å². The summed E-state index contributed by atoms with van der Waals surface area (Å²) >= 11 is 1.68. The molecule has 3 heterocycles. The minimum absolute atomic E-state index is 0.00579. The Bertz CT molecular complexity index is 1020. The normalized spacial score (nSPS) is 20.0. The molecule has 4 rings (SSSR count). The lowest BCUT2D eigenvalue weighted by molar-refractivity contribution is -0.146. The van der Waals surface area contributed by atoms with E-state index in [1.165, 1.54) is 4.90 Å². The highest BCUT2D eigenvalue weighted by Gasteiger charge is 2.37. The molecule has 1 saturated heterocycles. The molecular formula is C22H24N2O5S. The summed E-state index contributed by atoms with van der Waals surface area (Å²) in [4.78, 5) is 38.7. The molecule has 2 aliphatic rings. The number of carbonyl (C=O) groups excluding carboxylic acids is 1. The van der Waals surface area contributed by atoms with Crippen LogP contribution in [-0.2, 0) is 20.9 Å². The first-order valence-corrected chi connectivity index (χ1v) is 11.1. The number of benzene rings is 1. The van der Waals surface area contributed by atoms with Crippen LogP contribution in [0.15, 0.2) is 46.1 Å². The molecule has 1 amide bonds. The van der Waals surface area contributed by atoms with Crippen molar-refractivity contribution in [3.05, 3.63) is 52.4 Å². The van der Waals surface area contributed by atoms with Crippen LogP contribution in [0.5, 0.6) is 0 Å². The zero-order valence-electron chi connectivity index (χ0n) is 16.7. The Hall–Kier alpha value is -2.58. The molecule has 30 heavy (non-hydrogen) atoms. The molecule has 7 nitrogen and oxygen atoms in total. The molecule has 0 saturated carbocycles. The summed E-state index contributed by atoms with van der Waals surface area (Å²) in [5, 5.41) is 8.69. The van der Waals surface area contributed by atoms with E-state index in [1.807, 2.05) is 16.9 Å². The lowest BCUT2D eigenvalue weighted by Crippen LogP contribution is -2.50. The fourth-order valence-corrected chi connectivity index (χ4v) is 4.96. The van der Waals surface area contributed by atoms with Gasteiger partial charge in [-0.05, 0) is 42.4 Å². The van der Waals surface area contributed by atoms with Gasteiger partial charge in [0.2, 0.25) is 5.91 Å². The van der Waals surface area contributed by atoms with Gasteiger partial charge in [-0.2, -0.15) is 0 Å². The highest BCUT2D eigenvalue weighted by molar-refractivity contribution is 7.98. The van der Waals surface area contributed by atoms with Gasteiger partial charge >= 0.3 is 5.97 Å². The third kappa shape index (κ3) is 4.15. The largest absolute Gasteiger partial charge is 0.480 e. The van der Waals surface area contributed by atoms with Crippen LogP contribution in [0.25, 0.3) is 11.1 Å². The van der Waals surface area contributed by atoms with Gasteiger partial charge < -0.3 is 19.3 Å². The first-order valence-electron chi connectivity index (χ1n) is 9.91. The molecule has 1 aromatic heterocycles. The molecule has 0 radical (unpaired) electrons. The Balaban J connectivity index is 1.62. The third-order valence-electron chi connectivity index (χ3n) is 5.79. The van der Waals surface area contributed by atoms with Gasteiger partial charge in [0.1, 0.15) is 13.2 Å². The molecule has 2 aliphatic heterocycles. The van der Waals surface area contributed by atoms with E-state index in [0.29, 0.717) is 19.6 Å². The van der Waals surface area contributed by atoms with Crippen LogP contribution in [-0.4, -0.2) is 59.0 Å². The summed E-state index contributed by atoms with van der Waals surface area (Å²) in [6.45, 7) is 0.924. The SMILES string of the molecule is CSc1ccc(-c2ccc(=O)n3c2C2CC(CN(C(=O)COCC(=O)O)C2)C3)cc1. The number of nitrogens with zero attached hydrogens (tertiary/aromatic N) is 2. The van der Waals surface area contributed by atoms with E-state index in [0.717, 1.165) is 23.2 Å². The lowest BCUT2D eigenvalue weighted by atomic mass is 9.80. The van der Waals surface area contributed by atoms with E-state index in [-0.39, 0.29) is 29.9 Å². The number of carboxylic acids is 1. The van der Waals surface area contributed by atoms with E-state index in [4.69, 9.17) is 9.84 Å². The number of amides is 1. The van der Waals surface area contributed by atoms with E-state index in [9.17, 15) is 14.4 Å². The van der Waals surface area contributed by atoms with Gasteiger partial charge in [-0.15, -0.1) is 11.8 Å². The standard InChI is InChI=1S/C22H24N2O5S/c1-30-17-4-2-15(3-5-17)18-6-7-19(25)24-10-14-8-16(22(18)24)11-23(9-14)20(26)12-29-13-21(27)28/h2-7,14,16H,8-13H2,1H3,(H,27,28). The Morgan fingerprint density at radius 3 is 2.57 bits per heavy atom. The van der Waals surface area contributed by atoms with E-state index in [1.54, 1.807) is 22.7 Å². The van der Waals surface area contributed by atoms with Crippen molar-refractivity contribution in [2.24, 2.45) is 5.92 Å². The number of rotatable bonds is 6. The van der Waals surface area contributed by atoms with Crippen LogP contribution < -0.4 is 5.56 Å². The van der Waals surface area contributed by atoms with Crippen LogP contribution in [0.3, 0.4) is 0 Å². The highest BCUT2D eigenvalue weighted by atomic mass is 32.2. The number of thioether (sulfide) groups is 1. The molecule has 8 heteroatoms. The third-order valence-corrected chi connectivity index (χ3v) is 6.54. The van der Waals surface area contributed by atoms with Gasteiger partial charge in [0.05, 0.1) is 0 Å². The lowest BCUT2D eigenvalue weighted by Gasteiger charge is -2.43. The van der Waals surface area contributed by atoms with Crippen LogP contribution in [0.1, 0.15) is 18.0 Å². The summed E-state index contributed by atoms with van der Waals surface area (Å²) in [7, 11) is 0. The molecule has 2 aromatic rings. The smallest absolute Gasteiger partial charge is 0.329 e. The molecule has 1 aromatic carbocycles. The number of pyridine rings is 1. The second-order valence-electron chi connectivity index (χ2n) is 7.79. The summed E-state index contributed by atoms with van der Waals surface area (Å²) in [6.07, 6.45) is 2.96. The molecular weight excluding hydrogens is 404 g/mol. The average molecular weight is 429 g/mol. The van der Waals surface area contributed by atoms with Crippen molar-refractivity contribution >= 4 is 23.6 Å². The second-order valence-corrected chi connectivity index (χ2v) is 8.67. The number of hydrogen-bond donors (Lipinski definition) is 1. The summed E-state index contributed by atoms with van der Waals surface area (Å²) in [5.74, 6) is -1.04. The number of piperidine rings is 1. The van der Waals surface area contributed by atoms with Gasteiger partial charge in [0.15, 0.2) is 0 Å². The molecule has 2 bridgehead atoms. The molecule has 158 valence electrons. The van der Waals surface area contributed by atoms with E-state index in [2.05, 4.69) is 24.3 Å². The summed E-state index contributed by atoms with van der Waals surface area (Å²) in [6, 6.07) is 11.8. The Morgan fingerprint density at radius 2 is 1.87 bits per heavy atom. The number of carbonyl (C=O) groups is 2. The minimum atomic E-state index is -1.09. The Kier molecular flexibility index (Phi) is 5.97. The fraction of sp³-hybridized carbons (Fsp3) is 0.409. The van der Waals surface area contributed by atoms with Crippen molar-refractivity contribution in [3.63, 3.8) is 0 Å². The number of aromatic nitrogens is 1. The van der Waals surface area contributed by atoms with Gasteiger partial charge in [-0.3, -0.25) is 9.59 Å². The number of carboxylic acid groups (broad SMARTS) is 1. The molecule has 2 atom stereocenters. The second kappa shape index (κ2) is 8.65. The zero-order chi connectivity index (χ0) is 21.3. The number of aliphatic carboxylic acids is 1. The zero-order valence-corrected chi connectivity index (χ0v) is 17.6. The first-order chi connectivity index (χ1) is 14.5. The monoisotopic (exact) mass is 428 g/mol. The van der Waals surface area contributed by atoms with Gasteiger partial charge in [0, 0.05) is 47.8 Å². The van der Waals surface area contributed by atoms with Gasteiger partial charge in [-0.1, -0.05) is 12.1 Å². The maximum atomic E-state index is 12.6. The summed E-state index contributed by atoms with van der Waals surface area (Å²) in [5.41, 5.74) is 3.07. The Labute approximate surface area is 178 Å². The maximum absolute atomic E-state index is 12.6. The van der Waals surface area contributed by atoms with Crippen LogP contribution in [0.4, 0.5) is 0 Å². The predicted molar refractivity (Wildman–Crippen MR) is 114 cm³/mol. The number of fused-ring (bicyclic) bond motifs is 4. The highest BCUT2D eigenvalue weighted by Crippen LogP contribution is 2.40. The predicted octanol–water partition coefficient (Wildman–Crippen LogP) is 2.28. The molecule has 0 aliphatic carbocycles. The maximum Gasteiger partial charge on any atom is 0.329 e. The molecule has 1 N–H and O–H groups in total. The Morgan fingerprint density at radius 1 is 1.10 bits per heavy atom. The van der Waals surface area contributed by atoms with Gasteiger partial charge in [-0.25, -0.2) is 4.79 Å². The fourth-order valence-electron chi connectivity index (χ4n) is 4.55. The average Bonchev–Trinajstić information content (AvgIpc) is 2.74. The molecule has 0 spiro atoms. The van der Waals surface area contributed by atoms with Crippen LogP contribution in [0.2, 0.25) is 0 Å². The quantitative estimate of drug-likeness (QED) is 0.710. The number of likely N-dealkylation sites (tertiary alicyclic amines) is 1. The van der Waals surface area contributed by atoms with E-state index < -0.39 is 12.6 Å². The van der Waals surface area contributed by atoms with E-state index >= 15 is 0 Å². The number of hydrogen-bond acceptors (Lipinski definition) is 5. The van der Waals surface area contributed by atoms with Crippen molar-refractivity contribution in [1.82, 2.24) is 9.47 Å². The van der Waals surface area contributed by atoms with Crippen molar-refractivity contribution in [3.8, 4) is 11.1 Å². The van der Waals surface area contributed by atoms with Crippen molar-refractivity contribution in [2.45, 2.75) is 23.8 Å². The molecule has 2 unspecified atom stereocenters. The van der Waals surface area contributed by atoms with Crippen LogP contribution in [0, 0.1) is 5.92 Å².